The molecule has 1 fully saturated rings. The third kappa shape index (κ3) is 4.18. The number of anilines is 1. The monoisotopic (exact) mass is 349 g/mol. The number of aryl methyl sites for hydroxylation is 1. The molecule has 0 radical (unpaired) electrons. The van der Waals surface area contributed by atoms with Crippen molar-refractivity contribution in [1.82, 2.24) is 5.32 Å². The van der Waals surface area contributed by atoms with Gasteiger partial charge in [0.15, 0.2) is 5.11 Å². The molecule has 128 valence electrons. The predicted octanol–water partition coefficient (Wildman–Crippen LogP) is 4.82. The van der Waals surface area contributed by atoms with Crippen LogP contribution in [0.25, 0.3) is 0 Å². The standard InChI is InChI=1S/C21H23N3S/c1-16-5-4-6-18(15-16)21(12-2-3-13-21)24-20(25)23-19-9-7-17(8-10-19)11-14-22/h4-10,15H,2-3,11-13H2,1H3,(H2,23,24,25). The van der Waals surface area contributed by atoms with Crippen LogP contribution in [0.15, 0.2) is 48.5 Å². The lowest BCUT2D eigenvalue weighted by molar-refractivity contribution is 0.408. The Bertz CT molecular complexity index is 784. The first kappa shape index (κ1) is 17.4. The number of thiocarbonyl (C=S) groups is 1. The van der Waals surface area contributed by atoms with Crippen molar-refractivity contribution < 1.29 is 0 Å². The molecule has 4 heteroatoms. The number of nitriles is 1. The first-order valence-corrected chi connectivity index (χ1v) is 9.14. The summed E-state index contributed by atoms with van der Waals surface area (Å²) in [6.45, 7) is 2.13. The van der Waals surface area contributed by atoms with Crippen molar-refractivity contribution in [3.8, 4) is 6.07 Å². The minimum atomic E-state index is -0.0726. The summed E-state index contributed by atoms with van der Waals surface area (Å²) in [4.78, 5) is 0. The molecular weight excluding hydrogens is 326 g/mol. The van der Waals surface area contributed by atoms with Gasteiger partial charge in [0.05, 0.1) is 18.0 Å². The van der Waals surface area contributed by atoms with Gasteiger partial charge in [-0.05, 0) is 55.2 Å². The predicted molar refractivity (Wildman–Crippen MR) is 106 cm³/mol. The summed E-state index contributed by atoms with van der Waals surface area (Å²) in [5.41, 5.74) is 4.48. The second-order valence-corrected chi connectivity index (χ2v) is 7.18. The van der Waals surface area contributed by atoms with Gasteiger partial charge in [0.1, 0.15) is 0 Å². The third-order valence-electron chi connectivity index (χ3n) is 4.88. The Hall–Kier alpha value is -2.38. The number of nitrogens with zero attached hydrogens (tertiary/aromatic N) is 1. The average Bonchev–Trinajstić information content (AvgIpc) is 3.06. The first-order chi connectivity index (χ1) is 12.1. The van der Waals surface area contributed by atoms with E-state index in [9.17, 15) is 0 Å². The fourth-order valence-electron chi connectivity index (χ4n) is 3.58. The number of hydrogen-bond donors (Lipinski definition) is 2. The van der Waals surface area contributed by atoms with Crippen LogP contribution in [0.4, 0.5) is 5.69 Å². The Balaban J connectivity index is 1.72. The zero-order chi connectivity index (χ0) is 17.7. The van der Waals surface area contributed by atoms with Crippen molar-refractivity contribution >= 4 is 23.0 Å². The smallest absolute Gasteiger partial charge is 0.171 e. The molecule has 1 aliphatic carbocycles. The molecule has 0 atom stereocenters. The zero-order valence-electron chi connectivity index (χ0n) is 14.5. The Morgan fingerprint density at radius 3 is 2.52 bits per heavy atom. The number of rotatable bonds is 4. The van der Waals surface area contributed by atoms with Crippen LogP contribution in [0.3, 0.4) is 0 Å². The number of hydrogen-bond acceptors (Lipinski definition) is 2. The first-order valence-electron chi connectivity index (χ1n) is 8.73. The lowest BCUT2D eigenvalue weighted by Gasteiger charge is -2.33. The molecule has 0 spiro atoms. The van der Waals surface area contributed by atoms with E-state index in [1.807, 2.05) is 24.3 Å². The Kier molecular flexibility index (Phi) is 5.35. The Morgan fingerprint density at radius 1 is 1.16 bits per heavy atom. The van der Waals surface area contributed by atoms with E-state index >= 15 is 0 Å². The molecule has 0 aliphatic heterocycles. The molecule has 3 nitrogen and oxygen atoms in total. The van der Waals surface area contributed by atoms with E-state index in [2.05, 4.69) is 47.9 Å². The minimum Gasteiger partial charge on any atom is -0.353 e. The number of nitrogens with one attached hydrogen (secondary N) is 2. The highest BCUT2D eigenvalue weighted by molar-refractivity contribution is 7.80. The van der Waals surface area contributed by atoms with Gasteiger partial charge in [-0.3, -0.25) is 0 Å². The van der Waals surface area contributed by atoms with Gasteiger partial charge in [-0.15, -0.1) is 0 Å². The van der Waals surface area contributed by atoms with Gasteiger partial charge in [-0.1, -0.05) is 54.8 Å². The molecule has 2 N–H and O–H groups in total. The fourth-order valence-corrected chi connectivity index (χ4v) is 3.90. The Morgan fingerprint density at radius 2 is 1.88 bits per heavy atom. The fraction of sp³-hybridized carbons (Fsp3) is 0.333. The maximum Gasteiger partial charge on any atom is 0.171 e. The van der Waals surface area contributed by atoms with Crippen LogP contribution >= 0.6 is 12.2 Å². The lowest BCUT2D eigenvalue weighted by Crippen LogP contribution is -2.45. The second-order valence-electron chi connectivity index (χ2n) is 6.77. The zero-order valence-corrected chi connectivity index (χ0v) is 15.3. The van der Waals surface area contributed by atoms with Crippen molar-refractivity contribution in [2.45, 2.75) is 44.6 Å². The van der Waals surface area contributed by atoms with Gasteiger partial charge < -0.3 is 10.6 Å². The molecule has 1 aliphatic rings. The molecular formula is C21H23N3S. The van der Waals surface area contributed by atoms with Crippen molar-refractivity contribution in [2.24, 2.45) is 0 Å². The molecule has 3 rings (SSSR count). The van der Waals surface area contributed by atoms with Crippen LogP contribution in [0.5, 0.6) is 0 Å². The topological polar surface area (TPSA) is 47.8 Å². The van der Waals surface area contributed by atoms with Crippen molar-refractivity contribution in [3.63, 3.8) is 0 Å². The molecule has 0 aromatic heterocycles. The van der Waals surface area contributed by atoms with Crippen molar-refractivity contribution in [2.75, 3.05) is 5.32 Å². The summed E-state index contributed by atoms with van der Waals surface area (Å²) in [5, 5.41) is 16.3. The Labute approximate surface area is 155 Å². The minimum absolute atomic E-state index is 0.0726. The van der Waals surface area contributed by atoms with Gasteiger partial charge in [0, 0.05) is 5.69 Å². The van der Waals surface area contributed by atoms with E-state index in [4.69, 9.17) is 17.5 Å². The summed E-state index contributed by atoms with van der Waals surface area (Å²) >= 11 is 5.59. The van der Waals surface area contributed by atoms with Crippen LogP contribution < -0.4 is 10.6 Å². The molecule has 0 amide bonds. The van der Waals surface area contributed by atoms with Crippen LogP contribution in [-0.2, 0) is 12.0 Å². The SMILES string of the molecule is Cc1cccc(C2(NC(=S)Nc3ccc(CC#N)cc3)CCCC2)c1. The molecule has 2 aromatic rings. The summed E-state index contributed by atoms with van der Waals surface area (Å²) in [6, 6.07) is 18.7. The highest BCUT2D eigenvalue weighted by atomic mass is 32.1. The van der Waals surface area contributed by atoms with Crippen molar-refractivity contribution in [1.29, 1.82) is 5.26 Å². The van der Waals surface area contributed by atoms with Gasteiger partial charge in [-0.2, -0.15) is 5.26 Å². The molecule has 2 aromatic carbocycles. The van der Waals surface area contributed by atoms with Gasteiger partial charge in [0.2, 0.25) is 0 Å². The number of benzene rings is 2. The highest BCUT2D eigenvalue weighted by Gasteiger charge is 2.36. The molecule has 0 heterocycles. The highest BCUT2D eigenvalue weighted by Crippen LogP contribution is 2.39. The van der Waals surface area contributed by atoms with E-state index in [1.54, 1.807) is 0 Å². The molecule has 0 saturated heterocycles. The van der Waals surface area contributed by atoms with Gasteiger partial charge >= 0.3 is 0 Å². The van der Waals surface area contributed by atoms with Crippen LogP contribution in [0.2, 0.25) is 0 Å². The van der Waals surface area contributed by atoms with Gasteiger partial charge in [-0.25, -0.2) is 0 Å². The largest absolute Gasteiger partial charge is 0.353 e. The molecule has 0 bridgehead atoms. The molecule has 25 heavy (non-hydrogen) atoms. The maximum absolute atomic E-state index is 8.75. The quantitative estimate of drug-likeness (QED) is 0.777. The van der Waals surface area contributed by atoms with Gasteiger partial charge in [0.25, 0.3) is 0 Å². The van der Waals surface area contributed by atoms with E-state index in [-0.39, 0.29) is 5.54 Å². The van der Waals surface area contributed by atoms with Crippen LogP contribution in [0.1, 0.15) is 42.4 Å². The van der Waals surface area contributed by atoms with Crippen LogP contribution in [0, 0.1) is 18.3 Å². The molecule has 1 saturated carbocycles. The van der Waals surface area contributed by atoms with E-state index in [1.165, 1.54) is 24.0 Å². The van der Waals surface area contributed by atoms with E-state index in [0.29, 0.717) is 11.5 Å². The summed E-state index contributed by atoms with van der Waals surface area (Å²) in [5.74, 6) is 0. The summed E-state index contributed by atoms with van der Waals surface area (Å²) < 4.78 is 0. The summed E-state index contributed by atoms with van der Waals surface area (Å²) in [6.07, 6.45) is 5.05. The summed E-state index contributed by atoms with van der Waals surface area (Å²) in [7, 11) is 0. The maximum atomic E-state index is 8.75. The van der Waals surface area contributed by atoms with E-state index < -0.39 is 0 Å². The average molecular weight is 350 g/mol. The van der Waals surface area contributed by atoms with Crippen molar-refractivity contribution in [3.05, 3.63) is 65.2 Å². The normalized spacial score (nSPS) is 15.4. The van der Waals surface area contributed by atoms with E-state index in [0.717, 1.165) is 24.1 Å². The van der Waals surface area contributed by atoms with Crippen LogP contribution in [-0.4, -0.2) is 5.11 Å². The third-order valence-corrected chi connectivity index (χ3v) is 5.08. The lowest BCUT2D eigenvalue weighted by atomic mass is 9.87. The second kappa shape index (κ2) is 7.67. The molecule has 0 unspecified atom stereocenters.